The Bertz CT molecular complexity index is 962. The summed E-state index contributed by atoms with van der Waals surface area (Å²) in [6.45, 7) is 0. The highest BCUT2D eigenvalue weighted by atomic mass is 35.5. The number of aromatic nitrogens is 2. The highest BCUT2D eigenvalue weighted by molar-refractivity contribution is 6.40. The van der Waals surface area contributed by atoms with Crippen LogP contribution in [0.3, 0.4) is 0 Å². The van der Waals surface area contributed by atoms with Crippen LogP contribution in [0.15, 0.2) is 60.9 Å². The van der Waals surface area contributed by atoms with Gasteiger partial charge in [0.05, 0.1) is 22.5 Å². The topological polar surface area (TPSA) is 49.0 Å². The van der Waals surface area contributed by atoms with E-state index in [9.17, 15) is 4.79 Å². The fourth-order valence-electron chi connectivity index (χ4n) is 2.53. The van der Waals surface area contributed by atoms with Crippen LogP contribution in [0, 0.1) is 0 Å². The summed E-state index contributed by atoms with van der Waals surface area (Å²) in [5.74, 6) is 0.253. The van der Waals surface area contributed by atoms with E-state index >= 15 is 0 Å². The van der Waals surface area contributed by atoms with Crippen molar-refractivity contribution in [2.24, 2.45) is 0 Å². The number of halogens is 2. The molecule has 0 spiro atoms. The average Bonchev–Trinajstić information content (AvgIpc) is 3.09. The van der Waals surface area contributed by atoms with Gasteiger partial charge in [-0.05, 0) is 23.8 Å². The van der Waals surface area contributed by atoms with Crippen molar-refractivity contribution in [1.82, 2.24) is 14.9 Å². The summed E-state index contributed by atoms with van der Waals surface area (Å²) >= 11 is 12.2. The molecule has 0 bridgehead atoms. The Morgan fingerprint density at radius 3 is 2.50 bits per heavy atom. The minimum atomic E-state index is -0.227. The molecule has 1 N–H and O–H groups in total. The Labute approximate surface area is 162 Å². The summed E-state index contributed by atoms with van der Waals surface area (Å²) in [5, 5.41) is 0.788. The van der Waals surface area contributed by atoms with Gasteiger partial charge in [-0.15, -0.1) is 0 Å². The van der Waals surface area contributed by atoms with Crippen molar-refractivity contribution in [2.75, 3.05) is 14.1 Å². The number of carbonyl (C=O) groups excluding carboxylic acids is 1. The van der Waals surface area contributed by atoms with E-state index in [1.54, 1.807) is 35.5 Å². The van der Waals surface area contributed by atoms with Gasteiger partial charge in [-0.1, -0.05) is 53.5 Å². The molecule has 1 heterocycles. The second-order valence-electron chi connectivity index (χ2n) is 5.97. The van der Waals surface area contributed by atoms with Crippen molar-refractivity contribution >= 4 is 34.6 Å². The fraction of sp³-hybridized carbons (Fsp3) is 0.100. The second kappa shape index (κ2) is 7.77. The number of nitrogens with zero attached hydrogens (tertiary/aromatic N) is 2. The minimum Gasteiger partial charge on any atom is -0.383 e. The minimum absolute atomic E-state index is 0.227. The van der Waals surface area contributed by atoms with Crippen molar-refractivity contribution in [3.63, 3.8) is 0 Å². The monoisotopic (exact) mass is 385 g/mol. The summed E-state index contributed by atoms with van der Waals surface area (Å²) in [6.07, 6.45) is 3.44. The van der Waals surface area contributed by atoms with Crippen LogP contribution in [0.2, 0.25) is 10.0 Å². The Balaban J connectivity index is 2.02. The summed E-state index contributed by atoms with van der Waals surface area (Å²) in [7, 11) is 3.69. The molecular weight excluding hydrogens is 369 g/mol. The van der Waals surface area contributed by atoms with Gasteiger partial charge in [0, 0.05) is 30.9 Å². The Hall–Kier alpha value is -2.56. The number of carbonyl (C=O) groups is 1. The van der Waals surface area contributed by atoms with Gasteiger partial charge < -0.3 is 9.88 Å². The predicted molar refractivity (Wildman–Crippen MR) is 106 cm³/mol. The van der Waals surface area contributed by atoms with Crippen molar-refractivity contribution in [2.45, 2.75) is 0 Å². The number of imidazole rings is 1. The zero-order valence-electron chi connectivity index (χ0n) is 14.3. The molecule has 2 aromatic carbocycles. The third-order valence-corrected chi connectivity index (χ3v) is 4.27. The average molecular weight is 386 g/mol. The zero-order valence-corrected chi connectivity index (χ0v) is 15.8. The van der Waals surface area contributed by atoms with Crippen LogP contribution in [0.1, 0.15) is 16.2 Å². The van der Waals surface area contributed by atoms with Crippen molar-refractivity contribution in [3.05, 3.63) is 82.4 Å². The van der Waals surface area contributed by atoms with E-state index in [0.717, 1.165) is 11.3 Å². The predicted octanol–water partition coefficient (Wildman–Crippen LogP) is 5.17. The third kappa shape index (κ3) is 3.98. The molecule has 26 heavy (non-hydrogen) atoms. The van der Waals surface area contributed by atoms with Gasteiger partial charge in [-0.2, -0.15) is 0 Å². The quantitative estimate of drug-likeness (QED) is 0.486. The molecule has 4 nitrogen and oxygen atoms in total. The van der Waals surface area contributed by atoms with Gasteiger partial charge in [0.2, 0.25) is 0 Å². The number of ketones is 1. The first kappa shape index (κ1) is 18.2. The van der Waals surface area contributed by atoms with E-state index in [2.05, 4.69) is 9.97 Å². The summed E-state index contributed by atoms with van der Waals surface area (Å²) < 4.78 is 0. The lowest BCUT2D eigenvalue weighted by Gasteiger charge is -2.11. The number of H-pyrrole nitrogens is 1. The SMILES string of the molecule is CN(C)/C=C(/C(=O)c1ccc(Cl)cc1Cl)c1ncc(-c2ccccc2)[nH]1. The molecule has 0 radical (unpaired) electrons. The normalized spacial score (nSPS) is 11.5. The van der Waals surface area contributed by atoms with E-state index < -0.39 is 0 Å². The standard InChI is InChI=1S/C20H17Cl2N3O/c1-25(2)12-16(19(26)15-9-8-14(21)10-17(15)22)20-23-11-18(24-20)13-6-4-3-5-7-13/h3-12H,1-2H3,(H,23,24)/b16-12-. The van der Waals surface area contributed by atoms with Crippen molar-refractivity contribution in [1.29, 1.82) is 0 Å². The molecule has 3 aromatic rings. The van der Waals surface area contributed by atoms with Crippen LogP contribution < -0.4 is 0 Å². The van der Waals surface area contributed by atoms with Gasteiger partial charge in [0.1, 0.15) is 5.82 Å². The molecule has 3 rings (SSSR count). The molecule has 0 aliphatic carbocycles. The highest BCUT2D eigenvalue weighted by Gasteiger charge is 2.20. The molecule has 0 aliphatic rings. The molecule has 0 aliphatic heterocycles. The van der Waals surface area contributed by atoms with E-state index in [1.807, 2.05) is 44.4 Å². The smallest absolute Gasteiger partial charge is 0.199 e. The number of Topliss-reactive ketones (excluding diaryl/α,β-unsaturated/α-hetero) is 1. The van der Waals surface area contributed by atoms with Gasteiger partial charge in [0.15, 0.2) is 5.78 Å². The largest absolute Gasteiger partial charge is 0.383 e. The summed E-state index contributed by atoms with van der Waals surface area (Å²) in [4.78, 5) is 22.5. The zero-order chi connectivity index (χ0) is 18.7. The third-order valence-electron chi connectivity index (χ3n) is 3.72. The molecule has 0 saturated heterocycles. The lowest BCUT2D eigenvalue weighted by atomic mass is 10.0. The lowest BCUT2D eigenvalue weighted by molar-refractivity contribution is 0.105. The summed E-state index contributed by atoms with van der Waals surface area (Å²) in [6, 6.07) is 14.6. The molecule has 0 saturated carbocycles. The van der Waals surface area contributed by atoms with Crippen LogP contribution in [0.25, 0.3) is 16.8 Å². The van der Waals surface area contributed by atoms with Crippen molar-refractivity contribution < 1.29 is 4.79 Å². The maximum Gasteiger partial charge on any atom is 0.199 e. The fourth-order valence-corrected chi connectivity index (χ4v) is 3.02. The number of allylic oxidation sites excluding steroid dienone is 1. The van der Waals surface area contributed by atoms with Gasteiger partial charge in [-0.25, -0.2) is 4.98 Å². The van der Waals surface area contributed by atoms with Gasteiger partial charge in [0.25, 0.3) is 0 Å². The molecule has 1 aromatic heterocycles. The maximum absolute atomic E-state index is 13.1. The molecule has 132 valence electrons. The first-order valence-electron chi connectivity index (χ1n) is 7.94. The highest BCUT2D eigenvalue weighted by Crippen LogP contribution is 2.27. The van der Waals surface area contributed by atoms with Crippen LogP contribution in [-0.2, 0) is 0 Å². The van der Waals surface area contributed by atoms with Crippen LogP contribution in [-0.4, -0.2) is 34.7 Å². The van der Waals surface area contributed by atoms with Crippen LogP contribution in [0.4, 0.5) is 0 Å². The number of aromatic amines is 1. The Morgan fingerprint density at radius 1 is 1.12 bits per heavy atom. The number of hydrogen-bond donors (Lipinski definition) is 1. The number of nitrogens with one attached hydrogen (secondary N) is 1. The molecule has 6 heteroatoms. The number of rotatable bonds is 5. The second-order valence-corrected chi connectivity index (χ2v) is 6.81. The van der Waals surface area contributed by atoms with Gasteiger partial charge in [-0.3, -0.25) is 4.79 Å². The Morgan fingerprint density at radius 2 is 1.85 bits per heavy atom. The molecule has 0 fully saturated rings. The maximum atomic E-state index is 13.1. The molecule has 0 atom stereocenters. The first-order chi connectivity index (χ1) is 12.5. The van der Waals surface area contributed by atoms with E-state index in [-0.39, 0.29) is 5.78 Å². The molecule has 0 amide bonds. The summed E-state index contributed by atoms with van der Waals surface area (Å²) in [5.41, 5.74) is 2.62. The van der Waals surface area contributed by atoms with E-state index in [4.69, 9.17) is 23.2 Å². The van der Waals surface area contributed by atoms with E-state index in [0.29, 0.717) is 27.0 Å². The lowest BCUT2D eigenvalue weighted by Crippen LogP contribution is -2.10. The van der Waals surface area contributed by atoms with Gasteiger partial charge >= 0.3 is 0 Å². The van der Waals surface area contributed by atoms with E-state index in [1.165, 1.54) is 0 Å². The number of hydrogen-bond acceptors (Lipinski definition) is 3. The first-order valence-corrected chi connectivity index (χ1v) is 8.70. The molecular formula is C20H17Cl2N3O. The number of benzene rings is 2. The molecule has 0 unspecified atom stereocenters. The Kier molecular flexibility index (Phi) is 5.45. The van der Waals surface area contributed by atoms with Crippen LogP contribution >= 0.6 is 23.2 Å². The van der Waals surface area contributed by atoms with Crippen LogP contribution in [0.5, 0.6) is 0 Å². The van der Waals surface area contributed by atoms with Crippen molar-refractivity contribution in [3.8, 4) is 11.3 Å².